The molecule has 1 amide bonds. The summed E-state index contributed by atoms with van der Waals surface area (Å²) in [6, 6.07) is 14.1. The molecule has 35 heavy (non-hydrogen) atoms. The van der Waals surface area contributed by atoms with Gasteiger partial charge in [-0.15, -0.1) is 11.3 Å². The van der Waals surface area contributed by atoms with Crippen LogP contribution in [0.5, 0.6) is 11.5 Å². The molecule has 0 aliphatic rings. The summed E-state index contributed by atoms with van der Waals surface area (Å²) in [4.78, 5) is 20.9. The third kappa shape index (κ3) is 9.19. The zero-order valence-electron chi connectivity index (χ0n) is 20.8. The van der Waals surface area contributed by atoms with Gasteiger partial charge in [-0.1, -0.05) is 12.1 Å². The Morgan fingerprint density at radius 2 is 1.89 bits per heavy atom. The fraction of sp³-hybridized carbons (Fsp3) is 0.357. The number of ether oxygens (including phenoxy) is 2. The summed E-state index contributed by atoms with van der Waals surface area (Å²) in [6.45, 7) is 2.66. The second-order valence-corrected chi connectivity index (χ2v) is 9.50. The highest BCUT2D eigenvalue weighted by Crippen LogP contribution is 2.28. The Bertz CT molecular complexity index is 1060. The first-order valence-electron chi connectivity index (χ1n) is 11.9. The molecule has 2 heterocycles. The molecule has 0 aliphatic heterocycles. The average Bonchev–Trinajstić information content (AvgIpc) is 3.36. The van der Waals surface area contributed by atoms with E-state index in [1.165, 1.54) is 10.4 Å². The third-order valence-corrected chi connectivity index (χ3v) is 6.74. The summed E-state index contributed by atoms with van der Waals surface area (Å²) in [5.41, 5.74) is 2.31. The standard InChI is InChI=1S/C28H35N3O3S/c1-31(17-13-22-18-24(33-2)20-25(19-22)34-3)16-5-4-15-30-28(32)10-6-9-26-11-12-27(35-26)23-8-7-14-29-21-23/h6-9,11-12,14,18-21H,4-5,10,13,15-17H2,1-3H3,(H,30,32)/b9-6+. The summed E-state index contributed by atoms with van der Waals surface area (Å²) < 4.78 is 10.7. The van der Waals surface area contributed by atoms with Crippen molar-refractivity contribution in [1.82, 2.24) is 15.2 Å². The van der Waals surface area contributed by atoms with Crippen LogP contribution in [0.15, 0.2) is 60.9 Å². The van der Waals surface area contributed by atoms with Crippen LogP contribution in [0.25, 0.3) is 16.5 Å². The van der Waals surface area contributed by atoms with Crippen molar-refractivity contribution >= 4 is 23.3 Å². The zero-order chi connectivity index (χ0) is 24.9. The van der Waals surface area contributed by atoms with E-state index in [2.05, 4.69) is 52.6 Å². The molecule has 1 N–H and O–H groups in total. The van der Waals surface area contributed by atoms with Gasteiger partial charge in [-0.3, -0.25) is 9.78 Å². The van der Waals surface area contributed by atoms with Crippen molar-refractivity contribution in [3.05, 3.63) is 71.4 Å². The first kappa shape index (κ1) is 26.4. The number of benzene rings is 1. The number of rotatable bonds is 14. The number of nitrogens with zero attached hydrogens (tertiary/aromatic N) is 2. The molecule has 0 bridgehead atoms. The van der Waals surface area contributed by atoms with Crippen molar-refractivity contribution in [2.75, 3.05) is 40.9 Å². The van der Waals surface area contributed by atoms with Crippen LogP contribution in [0.2, 0.25) is 0 Å². The molecule has 0 saturated heterocycles. The smallest absolute Gasteiger partial charge is 0.223 e. The molecule has 0 spiro atoms. The maximum Gasteiger partial charge on any atom is 0.223 e. The van der Waals surface area contributed by atoms with E-state index in [-0.39, 0.29) is 5.91 Å². The van der Waals surface area contributed by atoms with Gasteiger partial charge in [0.2, 0.25) is 5.91 Å². The molecule has 0 fully saturated rings. The highest BCUT2D eigenvalue weighted by Gasteiger charge is 2.05. The highest BCUT2D eigenvalue weighted by atomic mass is 32.1. The molecule has 0 atom stereocenters. The van der Waals surface area contributed by atoms with Crippen molar-refractivity contribution in [3.8, 4) is 21.9 Å². The van der Waals surface area contributed by atoms with E-state index >= 15 is 0 Å². The summed E-state index contributed by atoms with van der Waals surface area (Å²) in [7, 11) is 5.47. The topological polar surface area (TPSA) is 63.7 Å². The molecular formula is C28H35N3O3S. The summed E-state index contributed by atoms with van der Waals surface area (Å²) >= 11 is 1.70. The van der Waals surface area contributed by atoms with Crippen molar-refractivity contribution < 1.29 is 14.3 Å². The number of carbonyl (C=O) groups excluding carboxylic acids is 1. The fourth-order valence-electron chi connectivity index (χ4n) is 3.64. The number of likely N-dealkylation sites (N-methyl/N-ethyl adjacent to an activating group) is 1. The molecule has 6 nitrogen and oxygen atoms in total. The van der Waals surface area contributed by atoms with Crippen LogP contribution >= 0.6 is 11.3 Å². The molecule has 3 rings (SSSR count). The molecule has 0 saturated carbocycles. The molecule has 186 valence electrons. The minimum atomic E-state index is 0.0608. The monoisotopic (exact) mass is 493 g/mol. The Labute approximate surface area is 212 Å². The van der Waals surface area contributed by atoms with Gasteiger partial charge in [0.05, 0.1) is 14.2 Å². The minimum Gasteiger partial charge on any atom is -0.497 e. The lowest BCUT2D eigenvalue weighted by Gasteiger charge is -2.17. The average molecular weight is 494 g/mol. The molecular weight excluding hydrogens is 458 g/mol. The molecule has 2 aromatic heterocycles. The quantitative estimate of drug-likeness (QED) is 0.309. The SMILES string of the molecule is COc1cc(CCN(C)CCCCNC(=O)C/C=C/c2ccc(-c3cccnc3)s2)cc(OC)c1. The number of aromatic nitrogens is 1. The van der Waals surface area contributed by atoms with E-state index in [0.717, 1.165) is 54.3 Å². The molecule has 7 heteroatoms. The number of nitrogens with one attached hydrogen (secondary N) is 1. The van der Waals surface area contributed by atoms with Gasteiger partial charge >= 0.3 is 0 Å². The van der Waals surface area contributed by atoms with Crippen LogP contribution < -0.4 is 14.8 Å². The largest absolute Gasteiger partial charge is 0.497 e. The zero-order valence-corrected chi connectivity index (χ0v) is 21.6. The van der Waals surface area contributed by atoms with Crippen molar-refractivity contribution in [2.45, 2.75) is 25.7 Å². The number of unbranched alkanes of at least 4 members (excludes halogenated alkanes) is 1. The van der Waals surface area contributed by atoms with Gasteiger partial charge in [0.1, 0.15) is 11.5 Å². The Kier molecular flexibility index (Phi) is 10.8. The van der Waals surface area contributed by atoms with Crippen LogP contribution in [0.1, 0.15) is 29.7 Å². The summed E-state index contributed by atoms with van der Waals surface area (Å²) in [5, 5.41) is 3.02. The van der Waals surface area contributed by atoms with E-state index in [1.807, 2.05) is 30.5 Å². The maximum absolute atomic E-state index is 12.1. The molecule has 3 aromatic rings. The van der Waals surface area contributed by atoms with Crippen LogP contribution in [0.4, 0.5) is 0 Å². The molecule has 0 radical (unpaired) electrons. The van der Waals surface area contributed by atoms with Crippen LogP contribution in [0.3, 0.4) is 0 Å². The summed E-state index contributed by atoms with van der Waals surface area (Å²) in [5.74, 6) is 1.69. The maximum atomic E-state index is 12.1. The first-order valence-corrected chi connectivity index (χ1v) is 12.7. The van der Waals surface area contributed by atoms with E-state index in [1.54, 1.807) is 31.8 Å². The number of thiophene rings is 1. The van der Waals surface area contributed by atoms with E-state index in [9.17, 15) is 4.79 Å². The van der Waals surface area contributed by atoms with Crippen molar-refractivity contribution in [1.29, 1.82) is 0 Å². The first-order chi connectivity index (χ1) is 17.1. The number of hydrogen-bond donors (Lipinski definition) is 1. The van der Waals surface area contributed by atoms with Crippen LogP contribution in [-0.4, -0.2) is 56.7 Å². The van der Waals surface area contributed by atoms with Gasteiger partial charge in [0, 0.05) is 53.3 Å². The van der Waals surface area contributed by atoms with E-state index in [4.69, 9.17) is 9.47 Å². The van der Waals surface area contributed by atoms with Crippen molar-refractivity contribution in [2.24, 2.45) is 0 Å². The molecule has 0 unspecified atom stereocenters. The molecule has 0 aliphatic carbocycles. The van der Waals surface area contributed by atoms with Crippen LogP contribution in [-0.2, 0) is 11.2 Å². The molecule has 1 aromatic carbocycles. The number of amides is 1. The van der Waals surface area contributed by atoms with E-state index in [0.29, 0.717) is 13.0 Å². The number of pyridine rings is 1. The Balaban J connectivity index is 1.28. The fourth-order valence-corrected chi connectivity index (χ4v) is 4.57. The summed E-state index contributed by atoms with van der Waals surface area (Å²) in [6.07, 6.45) is 10.9. The van der Waals surface area contributed by atoms with Gasteiger partial charge in [0.15, 0.2) is 0 Å². The lowest BCUT2D eigenvalue weighted by Crippen LogP contribution is -2.26. The highest BCUT2D eigenvalue weighted by molar-refractivity contribution is 7.16. The minimum absolute atomic E-state index is 0.0608. The number of carbonyl (C=O) groups is 1. The van der Waals surface area contributed by atoms with Gasteiger partial charge in [-0.25, -0.2) is 0 Å². The number of methoxy groups -OCH3 is 2. The Hall–Kier alpha value is -3.16. The lowest BCUT2D eigenvalue weighted by molar-refractivity contribution is -0.120. The predicted octanol–water partition coefficient (Wildman–Crippen LogP) is 5.30. The predicted molar refractivity (Wildman–Crippen MR) is 144 cm³/mol. The van der Waals surface area contributed by atoms with Gasteiger partial charge in [-0.05, 0) is 74.8 Å². The second kappa shape index (κ2) is 14.3. The Morgan fingerprint density at radius 1 is 1.09 bits per heavy atom. The normalized spacial score (nSPS) is 11.2. The van der Waals surface area contributed by atoms with Crippen LogP contribution in [0, 0.1) is 0 Å². The van der Waals surface area contributed by atoms with Gasteiger partial charge < -0.3 is 19.7 Å². The van der Waals surface area contributed by atoms with Gasteiger partial charge in [0.25, 0.3) is 0 Å². The third-order valence-electron chi connectivity index (χ3n) is 5.64. The number of hydrogen-bond acceptors (Lipinski definition) is 6. The van der Waals surface area contributed by atoms with E-state index < -0.39 is 0 Å². The van der Waals surface area contributed by atoms with Gasteiger partial charge in [-0.2, -0.15) is 0 Å². The second-order valence-electron chi connectivity index (χ2n) is 8.38. The lowest BCUT2D eigenvalue weighted by atomic mass is 10.1. The van der Waals surface area contributed by atoms with Crippen molar-refractivity contribution in [3.63, 3.8) is 0 Å². The Morgan fingerprint density at radius 3 is 2.60 bits per heavy atom.